The molecule has 1 N–H and O–H groups in total. The number of pyridine rings is 1. The Labute approximate surface area is 169 Å². The zero-order valence-corrected chi connectivity index (χ0v) is 16.0. The molecular formula is C19H17ClF2N4O3. The lowest BCUT2D eigenvalue weighted by Crippen LogP contribution is -2.29. The van der Waals surface area contributed by atoms with E-state index in [1.807, 2.05) is 0 Å². The van der Waals surface area contributed by atoms with Crippen LogP contribution in [-0.2, 0) is 11.4 Å². The molecule has 1 aromatic carbocycles. The van der Waals surface area contributed by atoms with Crippen molar-refractivity contribution in [3.8, 4) is 11.9 Å². The molecule has 1 saturated heterocycles. The average molecular weight is 423 g/mol. The maximum Gasteiger partial charge on any atom is 0.296 e. The molecule has 2 aromatic heterocycles. The highest BCUT2D eigenvalue weighted by Gasteiger charge is 2.20. The predicted octanol–water partition coefficient (Wildman–Crippen LogP) is 3.47. The van der Waals surface area contributed by atoms with Gasteiger partial charge in [-0.05, 0) is 24.6 Å². The number of H-pyrrole nitrogens is 1. The van der Waals surface area contributed by atoms with E-state index in [0.29, 0.717) is 18.5 Å². The predicted molar refractivity (Wildman–Crippen MR) is 101 cm³/mol. The molecule has 0 radical (unpaired) electrons. The minimum Gasteiger partial charge on any atom is -0.471 e. The van der Waals surface area contributed by atoms with Gasteiger partial charge in [-0.1, -0.05) is 17.7 Å². The Kier molecular flexibility index (Phi) is 5.48. The number of nitrogens with one attached hydrogen (secondary N) is 1. The number of halogens is 3. The minimum absolute atomic E-state index is 0.00235. The molecule has 1 fully saturated rings. The quantitative estimate of drug-likeness (QED) is 0.630. The van der Waals surface area contributed by atoms with Gasteiger partial charge in [0.2, 0.25) is 11.8 Å². The van der Waals surface area contributed by atoms with Gasteiger partial charge >= 0.3 is 0 Å². The molecule has 0 aliphatic carbocycles. The molecule has 0 atom stereocenters. The van der Waals surface area contributed by atoms with Crippen LogP contribution >= 0.6 is 11.6 Å². The Bertz CT molecular complexity index is 1040. The normalized spacial score (nSPS) is 14.0. The molecular weight excluding hydrogens is 406 g/mol. The van der Waals surface area contributed by atoms with Crippen LogP contribution in [0.15, 0.2) is 24.3 Å². The average Bonchev–Trinajstić information content (AvgIpc) is 3.27. The lowest BCUT2D eigenvalue weighted by molar-refractivity contribution is -0.128. The summed E-state index contributed by atoms with van der Waals surface area (Å²) in [5.41, 5.74) is 0.588. The van der Waals surface area contributed by atoms with Crippen molar-refractivity contribution in [2.45, 2.75) is 19.4 Å². The Morgan fingerprint density at radius 3 is 2.72 bits per heavy atom. The number of aromatic nitrogens is 3. The highest BCUT2D eigenvalue weighted by Crippen LogP contribution is 2.28. The van der Waals surface area contributed by atoms with Gasteiger partial charge in [0.05, 0.1) is 17.6 Å². The summed E-state index contributed by atoms with van der Waals surface area (Å²) in [6.45, 7) is 1.14. The number of nitrogens with zero attached hydrogens (tertiary/aromatic N) is 3. The van der Waals surface area contributed by atoms with Crippen LogP contribution in [-0.4, -0.2) is 45.5 Å². The maximum atomic E-state index is 13.7. The molecule has 3 heterocycles. The van der Waals surface area contributed by atoms with Gasteiger partial charge in [-0.25, -0.2) is 8.78 Å². The monoisotopic (exact) mass is 422 g/mol. The van der Waals surface area contributed by atoms with Crippen LogP contribution in [0.2, 0.25) is 5.02 Å². The fraction of sp³-hybridized carbons (Fsp3) is 0.316. The zero-order valence-electron chi connectivity index (χ0n) is 15.3. The fourth-order valence-electron chi connectivity index (χ4n) is 3.05. The Hall–Kier alpha value is -2.94. The Balaban J connectivity index is 1.43. The van der Waals surface area contributed by atoms with Gasteiger partial charge in [0.1, 0.15) is 29.9 Å². The summed E-state index contributed by atoms with van der Waals surface area (Å²) in [6.07, 6.45) is 1.44. The van der Waals surface area contributed by atoms with Gasteiger partial charge in [-0.3, -0.25) is 4.79 Å². The summed E-state index contributed by atoms with van der Waals surface area (Å²) in [7, 11) is 0. The Morgan fingerprint density at radius 2 is 2.00 bits per heavy atom. The number of hydrogen-bond acceptors (Lipinski definition) is 5. The van der Waals surface area contributed by atoms with E-state index in [-0.39, 0.29) is 47.2 Å². The van der Waals surface area contributed by atoms with Crippen molar-refractivity contribution in [1.82, 2.24) is 19.9 Å². The van der Waals surface area contributed by atoms with Crippen LogP contribution in [0.4, 0.5) is 8.78 Å². The topological polar surface area (TPSA) is 80.3 Å². The maximum absolute atomic E-state index is 13.7. The van der Waals surface area contributed by atoms with Crippen LogP contribution in [0.25, 0.3) is 11.2 Å². The Morgan fingerprint density at radius 1 is 1.21 bits per heavy atom. The van der Waals surface area contributed by atoms with Crippen molar-refractivity contribution >= 4 is 28.7 Å². The van der Waals surface area contributed by atoms with E-state index in [2.05, 4.69) is 15.0 Å². The zero-order chi connectivity index (χ0) is 20.4. The van der Waals surface area contributed by atoms with Crippen LogP contribution < -0.4 is 9.47 Å². The van der Waals surface area contributed by atoms with Gasteiger partial charge in [-0.15, -0.1) is 0 Å². The standard InChI is InChI=1S/C19H17ClF2N4O3/c20-12-9-15-17(24-18(12)29-10-11-13(21)3-1-4-14(11)22)25-19(23-15)28-8-7-26-6-2-5-16(26)27/h1,3-4,9H,2,5-8,10H2,(H,23,24,25). The summed E-state index contributed by atoms with van der Waals surface area (Å²) in [6, 6.07) is 5.34. The number of hydrogen-bond donors (Lipinski definition) is 1. The van der Waals surface area contributed by atoms with Crippen molar-refractivity contribution in [2.24, 2.45) is 0 Å². The largest absolute Gasteiger partial charge is 0.471 e. The fourth-order valence-corrected chi connectivity index (χ4v) is 3.26. The van der Waals surface area contributed by atoms with Crippen molar-refractivity contribution in [2.75, 3.05) is 19.7 Å². The molecule has 1 aliphatic rings. The van der Waals surface area contributed by atoms with E-state index in [4.69, 9.17) is 21.1 Å². The number of ether oxygens (including phenoxy) is 2. The smallest absolute Gasteiger partial charge is 0.296 e. The second-order valence-electron chi connectivity index (χ2n) is 6.51. The molecule has 0 spiro atoms. The first-order chi connectivity index (χ1) is 14.0. The first-order valence-electron chi connectivity index (χ1n) is 9.04. The first kappa shape index (κ1) is 19.4. The number of amides is 1. The molecule has 0 unspecified atom stereocenters. The van der Waals surface area contributed by atoms with Crippen LogP contribution in [0.5, 0.6) is 11.9 Å². The van der Waals surface area contributed by atoms with Crippen molar-refractivity contribution in [1.29, 1.82) is 0 Å². The van der Waals surface area contributed by atoms with E-state index < -0.39 is 11.6 Å². The number of fused-ring (bicyclic) bond motifs is 1. The summed E-state index contributed by atoms with van der Waals surface area (Å²) in [5.74, 6) is -1.30. The molecule has 1 amide bonds. The third-order valence-corrected chi connectivity index (χ3v) is 4.83. The number of rotatable bonds is 7. The summed E-state index contributed by atoms with van der Waals surface area (Å²) >= 11 is 6.16. The molecule has 152 valence electrons. The lowest BCUT2D eigenvalue weighted by Gasteiger charge is -2.14. The highest BCUT2D eigenvalue weighted by atomic mass is 35.5. The summed E-state index contributed by atoms with van der Waals surface area (Å²) in [5, 5.41) is 0.159. The third kappa shape index (κ3) is 4.24. The minimum atomic E-state index is -0.714. The van der Waals surface area contributed by atoms with Crippen LogP contribution in [0, 0.1) is 11.6 Å². The molecule has 3 aromatic rings. The number of imidazole rings is 1. The molecule has 10 heteroatoms. The molecule has 29 heavy (non-hydrogen) atoms. The van der Waals surface area contributed by atoms with E-state index in [9.17, 15) is 13.6 Å². The molecule has 7 nitrogen and oxygen atoms in total. The van der Waals surface area contributed by atoms with E-state index in [1.54, 1.807) is 11.0 Å². The molecule has 0 bridgehead atoms. The lowest BCUT2D eigenvalue weighted by atomic mass is 10.2. The first-order valence-corrected chi connectivity index (χ1v) is 9.41. The van der Waals surface area contributed by atoms with Crippen molar-refractivity contribution in [3.05, 3.63) is 46.5 Å². The molecule has 0 saturated carbocycles. The highest BCUT2D eigenvalue weighted by molar-refractivity contribution is 6.32. The van der Waals surface area contributed by atoms with Gasteiger partial charge in [0, 0.05) is 13.0 Å². The number of carbonyl (C=O) groups is 1. The van der Waals surface area contributed by atoms with Gasteiger partial charge < -0.3 is 19.4 Å². The van der Waals surface area contributed by atoms with Gasteiger partial charge in [0.15, 0.2) is 5.65 Å². The summed E-state index contributed by atoms with van der Waals surface area (Å²) in [4.78, 5) is 24.7. The van der Waals surface area contributed by atoms with Crippen molar-refractivity contribution < 1.29 is 23.0 Å². The number of benzene rings is 1. The molecule has 4 rings (SSSR count). The number of aromatic amines is 1. The van der Waals surface area contributed by atoms with Gasteiger partial charge in [0.25, 0.3) is 6.01 Å². The van der Waals surface area contributed by atoms with Crippen LogP contribution in [0.1, 0.15) is 18.4 Å². The van der Waals surface area contributed by atoms with Crippen LogP contribution in [0.3, 0.4) is 0 Å². The second-order valence-corrected chi connectivity index (χ2v) is 6.92. The van der Waals surface area contributed by atoms with E-state index >= 15 is 0 Å². The summed E-state index contributed by atoms with van der Waals surface area (Å²) < 4.78 is 38.4. The third-order valence-electron chi connectivity index (χ3n) is 4.56. The van der Waals surface area contributed by atoms with E-state index in [0.717, 1.165) is 25.1 Å². The van der Waals surface area contributed by atoms with Crippen molar-refractivity contribution in [3.63, 3.8) is 0 Å². The van der Waals surface area contributed by atoms with E-state index in [1.165, 1.54) is 6.07 Å². The number of carbonyl (C=O) groups excluding carboxylic acids is 1. The number of likely N-dealkylation sites (tertiary alicyclic amines) is 1. The molecule has 1 aliphatic heterocycles. The SMILES string of the molecule is O=C1CCCN1CCOc1nc2nc(OCc3c(F)cccc3F)c(Cl)cc2[nH]1. The van der Waals surface area contributed by atoms with Gasteiger partial charge in [-0.2, -0.15) is 9.97 Å². The second kappa shape index (κ2) is 8.20.